The molecule has 4 aliphatic rings. The Morgan fingerprint density at radius 2 is 1.16 bits per heavy atom. The number of aliphatic hydroxyl groups is 5. The molecule has 300 valence electrons. The number of ether oxygens (including phenoxy) is 7. The maximum absolute atomic E-state index is 12.5. The fraction of sp³-hybridized carbons (Fsp3) is 0.529. The number of phenolic OH excluding ortho intramolecular Hbond substituents is 2. The van der Waals surface area contributed by atoms with Crippen LogP contribution in [-0.2, 0) is 44.6 Å². The van der Waals surface area contributed by atoms with Gasteiger partial charge in [-0.15, -0.1) is 0 Å². The summed E-state index contributed by atoms with van der Waals surface area (Å²) in [5.74, 6) is -5.83. The lowest BCUT2D eigenvalue weighted by Gasteiger charge is -2.44. The lowest BCUT2D eigenvalue weighted by molar-refractivity contribution is -0.237. The summed E-state index contributed by atoms with van der Waals surface area (Å²) in [7, 11) is 1.17. The average Bonchev–Trinajstić information content (AvgIpc) is 3.14. The van der Waals surface area contributed by atoms with Gasteiger partial charge in [0, 0.05) is 22.6 Å². The zero-order chi connectivity index (χ0) is 39.9. The van der Waals surface area contributed by atoms with Crippen molar-refractivity contribution in [3.8, 4) is 28.7 Å². The maximum atomic E-state index is 12.5. The molecular weight excluding hydrogens is 760 g/mol. The Labute approximate surface area is 314 Å². The highest BCUT2D eigenvalue weighted by Crippen LogP contribution is 2.50. The molecule has 10 atom stereocenters. The van der Waals surface area contributed by atoms with E-state index in [1.54, 1.807) is 0 Å². The summed E-state index contributed by atoms with van der Waals surface area (Å²) in [5.41, 5.74) is -1.17. The SMILES string of the molecule is COc1c(O)cc2c(c1O)C1OC(COC(=O)CCSCCC(=O)OCC3OC4c5c(cc(O)c(CO)c5O)C(=O)OC4C(O)C3O)C(O)C(O)C1OC2=O. The number of aliphatic hydroxyl groups excluding tert-OH is 5. The summed E-state index contributed by atoms with van der Waals surface area (Å²) < 4.78 is 37.5. The van der Waals surface area contributed by atoms with E-state index in [9.17, 15) is 65.1 Å². The third-order valence-electron chi connectivity index (χ3n) is 9.65. The number of carbonyl (C=O) groups excluding carboxylic acids is 4. The van der Waals surface area contributed by atoms with Gasteiger partial charge in [-0.05, 0) is 12.1 Å². The van der Waals surface area contributed by atoms with Crippen molar-refractivity contribution in [2.45, 2.75) is 80.5 Å². The van der Waals surface area contributed by atoms with Crippen molar-refractivity contribution in [1.82, 2.24) is 0 Å². The molecule has 0 aliphatic carbocycles. The van der Waals surface area contributed by atoms with Crippen LogP contribution in [0, 0.1) is 0 Å². The first kappa shape index (κ1) is 40.1. The molecule has 0 spiro atoms. The van der Waals surface area contributed by atoms with Gasteiger partial charge < -0.3 is 79.1 Å². The van der Waals surface area contributed by atoms with Crippen molar-refractivity contribution >= 4 is 35.6 Å². The summed E-state index contributed by atoms with van der Waals surface area (Å²) in [4.78, 5) is 50.0. The molecule has 21 heteroatoms. The van der Waals surface area contributed by atoms with Crippen molar-refractivity contribution in [1.29, 1.82) is 0 Å². The van der Waals surface area contributed by atoms with E-state index in [0.29, 0.717) is 0 Å². The molecule has 2 aromatic rings. The van der Waals surface area contributed by atoms with Crippen molar-refractivity contribution in [3.63, 3.8) is 0 Å². The summed E-state index contributed by atoms with van der Waals surface area (Å²) in [6, 6.07) is 1.97. The van der Waals surface area contributed by atoms with Crippen LogP contribution in [-0.4, -0.2) is 150 Å². The summed E-state index contributed by atoms with van der Waals surface area (Å²) in [6.07, 6.45) is -15.2. The lowest BCUT2D eigenvalue weighted by atomic mass is 9.85. The van der Waals surface area contributed by atoms with Crippen molar-refractivity contribution in [3.05, 3.63) is 39.9 Å². The Morgan fingerprint density at radius 3 is 1.62 bits per heavy atom. The molecule has 20 nitrogen and oxygen atoms in total. The average molecular weight is 799 g/mol. The smallest absolute Gasteiger partial charge is 0.339 e. The van der Waals surface area contributed by atoms with E-state index < -0.39 is 128 Å². The van der Waals surface area contributed by atoms with Crippen LogP contribution in [0.15, 0.2) is 12.1 Å². The first-order valence-electron chi connectivity index (χ1n) is 16.8. The molecule has 10 unspecified atom stereocenters. The number of carbonyl (C=O) groups is 4. The Hall–Kier alpha value is -4.61. The van der Waals surface area contributed by atoms with E-state index in [-0.39, 0.29) is 57.9 Å². The van der Waals surface area contributed by atoms with Gasteiger partial charge in [0.2, 0.25) is 5.75 Å². The summed E-state index contributed by atoms with van der Waals surface area (Å²) in [6.45, 7) is -1.86. The third kappa shape index (κ3) is 7.53. The minimum absolute atomic E-state index is 0.133. The molecule has 4 heterocycles. The van der Waals surface area contributed by atoms with Gasteiger partial charge in [-0.25, -0.2) is 9.59 Å². The first-order valence-corrected chi connectivity index (χ1v) is 18.0. The fourth-order valence-electron chi connectivity index (χ4n) is 6.80. The van der Waals surface area contributed by atoms with Crippen LogP contribution < -0.4 is 4.74 Å². The number of hydrogen-bond donors (Lipinski definition) is 9. The number of phenols is 4. The Bertz CT molecular complexity index is 1700. The Morgan fingerprint density at radius 1 is 0.709 bits per heavy atom. The van der Waals surface area contributed by atoms with E-state index >= 15 is 0 Å². The number of methoxy groups -OCH3 is 1. The number of hydrogen-bond acceptors (Lipinski definition) is 21. The van der Waals surface area contributed by atoms with Crippen LogP contribution in [0.3, 0.4) is 0 Å². The van der Waals surface area contributed by atoms with E-state index in [4.69, 9.17) is 33.2 Å². The number of rotatable bonds is 12. The Balaban J connectivity index is 0.949. The van der Waals surface area contributed by atoms with Crippen LogP contribution in [0.4, 0.5) is 0 Å². The van der Waals surface area contributed by atoms with E-state index in [1.807, 2.05) is 0 Å². The van der Waals surface area contributed by atoms with Gasteiger partial charge in [0.05, 0.1) is 43.2 Å². The quantitative estimate of drug-likeness (QED) is 0.0685. The molecule has 9 N–H and O–H groups in total. The molecular formula is C34H38O20S. The molecule has 55 heavy (non-hydrogen) atoms. The maximum Gasteiger partial charge on any atom is 0.339 e. The predicted molar refractivity (Wildman–Crippen MR) is 178 cm³/mol. The number of esters is 4. The number of benzene rings is 2. The zero-order valence-electron chi connectivity index (χ0n) is 28.8. The normalized spacial score (nSPS) is 29.4. The molecule has 2 saturated heterocycles. The number of fused-ring (bicyclic) bond motifs is 6. The van der Waals surface area contributed by atoms with Crippen molar-refractivity contribution in [2.75, 3.05) is 31.8 Å². The lowest BCUT2D eigenvalue weighted by Crippen LogP contribution is -2.58. The van der Waals surface area contributed by atoms with Crippen LogP contribution in [0.5, 0.6) is 28.7 Å². The molecule has 4 aliphatic heterocycles. The second-order valence-electron chi connectivity index (χ2n) is 13.0. The number of thioether (sulfide) groups is 1. The first-order chi connectivity index (χ1) is 26.2. The van der Waals surface area contributed by atoms with Crippen molar-refractivity contribution < 1.29 is 98.3 Å². The highest BCUT2D eigenvalue weighted by molar-refractivity contribution is 7.99. The second kappa shape index (κ2) is 16.2. The van der Waals surface area contributed by atoms with E-state index in [2.05, 4.69) is 0 Å². The van der Waals surface area contributed by atoms with E-state index in [0.717, 1.165) is 12.1 Å². The second-order valence-corrected chi connectivity index (χ2v) is 14.2. The van der Waals surface area contributed by atoms with Gasteiger partial charge in [0.25, 0.3) is 0 Å². The van der Waals surface area contributed by atoms with Gasteiger partial charge in [0.15, 0.2) is 23.7 Å². The minimum atomic E-state index is -1.72. The Kier molecular flexibility index (Phi) is 11.8. The zero-order valence-corrected chi connectivity index (χ0v) is 29.6. The predicted octanol–water partition coefficient (Wildman–Crippen LogP) is -1.29. The fourth-order valence-corrected chi connectivity index (χ4v) is 7.63. The van der Waals surface area contributed by atoms with Crippen LogP contribution >= 0.6 is 11.8 Å². The molecule has 6 rings (SSSR count). The minimum Gasteiger partial charge on any atom is -0.507 e. The molecule has 0 radical (unpaired) electrons. The third-order valence-corrected chi connectivity index (χ3v) is 10.6. The van der Waals surface area contributed by atoms with Gasteiger partial charge in [-0.2, -0.15) is 11.8 Å². The van der Waals surface area contributed by atoms with Gasteiger partial charge in [-0.1, -0.05) is 0 Å². The van der Waals surface area contributed by atoms with Gasteiger partial charge in [-0.3, -0.25) is 9.59 Å². The van der Waals surface area contributed by atoms with Gasteiger partial charge >= 0.3 is 23.9 Å². The molecule has 0 saturated carbocycles. The summed E-state index contributed by atoms with van der Waals surface area (Å²) in [5, 5.41) is 93.8. The highest BCUT2D eigenvalue weighted by Gasteiger charge is 2.54. The molecule has 2 aromatic carbocycles. The van der Waals surface area contributed by atoms with Crippen LogP contribution in [0.1, 0.15) is 62.5 Å². The standard InChI is InChI=1S/C34H38O20S/c1-48-28-15(37)7-12-21(25(28)43)30-32(54-34(12)47)27(45)24(42)17(52-30)10-50-19(39)3-5-55-4-2-18(38)49-9-16-23(41)26(44)31-29(51-16)20-11(33(46)53-31)6-14(36)13(8-35)22(20)40/h6-7,16-17,23-24,26-27,29-32,35-37,40-45H,2-5,8-10H2,1H3. The highest BCUT2D eigenvalue weighted by atomic mass is 32.2. The molecule has 0 aromatic heterocycles. The molecule has 0 amide bonds. The van der Waals surface area contributed by atoms with Crippen molar-refractivity contribution in [2.24, 2.45) is 0 Å². The van der Waals surface area contributed by atoms with Crippen LogP contribution in [0.2, 0.25) is 0 Å². The number of aromatic hydroxyl groups is 4. The van der Waals surface area contributed by atoms with Crippen LogP contribution in [0.25, 0.3) is 0 Å². The van der Waals surface area contributed by atoms with Gasteiger partial charge in [0.1, 0.15) is 73.5 Å². The summed E-state index contributed by atoms with van der Waals surface area (Å²) >= 11 is 1.19. The van der Waals surface area contributed by atoms with E-state index in [1.165, 1.54) is 18.9 Å². The largest absolute Gasteiger partial charge is 0.507 e. The molecule has 0 bridgehead atoms. The molecule has 2 fully saturated rings. The monoisotopic (exact) mass is 798 g/mol. The topological polar surface area (TPSA) is 315 Å².